The predicted octanol–water partition coefficient (Wildman–Crippen LogP) is 5.21. The molecule has 2 aromatic carbocycles. The first-order chi connectivity index (χ1) is 14.7. The van der Waals surface area contributed by atoms with Gasteiger partial charge in [-0.3, -0.25) is 4.79 Å². The van der Waals surface area contributed by atoms with E-state index in [1.807, 2.05) is 54.6 Å². The van der Waals surface area contributed by atoms with E-state index in [1.165, 1.54) is 11.8 Å². The number of rotatable bonds is 6. The highest BCUT2D eigenvalue weighted by Gasteiger charge is 2.33. The lowest BCUT2D eigenvalue weighted by Crippen LogP contribution is -2.28. The predicted molar refractivity (Wildman–Crippen MR) is 120 cm³/mol. The summed E-state index contributed by atoms with van der Waals surface area (Å²) in [5, 5.41) is 7.46. The van der Waals surface area contributed by atoms with E-state index in [2.05, 4.69) is 4.98 Å². The number of benzene rings is 2. The van der Waals surface area contributed by atoms with E-state index in [-0.39, 0.29) is 17.7 Å². The second kappa shape index (κ2) is 9.32. The Balaban J connectivity index is 1.58. The van der Waals surface area contributed by atoms with Crippen molar-refractivity contribution in [3.63, 3.8) is 0 Å². The summed E-state index contributed by atoms with van der Waals surface area (Å²) in [6, 6.07) is 21.1. The minimum atomic E-state index is -0.168. The largest absolute Gasteiger partial charge is 0.497 e. The molecule has 0 bridgehead atoms. The Hall–Kier alpha value is -2.83. The number of aromatic nitrogens is 1. The van der Waals surface area contributed by atoms with Gasteiger partial charge in [0.2, 0.25) is 0 Å². The summed E-state index contributed by atoms with van der Waals surface area (Å²) in [6.07, 6.45) is 2.32. The zero-order chi connectivity index (χ0) is 20.9. The van der Waals surface area contributed by atoms with Crippen molar-refractivity contribution in [1.29, 1.82) is 0 Å². The molecule has 1 atom stereocenters. The van der Waals surface area contributed by atoms with E-state index in [9.17, 15) is 4.79 Å². The number of nitrogens with zero attached hydrogens (tertiary/aromatic N) is 3. The lowest BCUT2D eigenvalue weighted by atomic mass is 9.98. The first kappa shape index (κ1) is 20.4. The van der Waals surface area contributed by atoms with Gasteiger partial charge < -0.3 is 4.74 Å². The van der Waals surface area contributed by atoms with Gasteiger partial charge in [0.05, 0.1) is 29.6 Å². The molecule has 152 valence electrons. The number of methoxy groups -OCH3 is 1. The molecule has 2 heterocycles. The Morgan fingerprint density at radius 3 is 2.60 bits per heavy atom. The highest BCUT2D eigenvalue weighted by atomic mass is 35.5. The molecule has 0 saturated carbocycles. The number of amides is 1. The average Bonchev–Trinajstić information content (AvgIpc) is 3.25. The van der Waals surface area contributed by atoms with Gasteiger partial charge in [0.1, 0.15) is 10.8 Å². The first-order valence-corrected chi connectivity index (χ1v) is 10.8. The van der Waals surface area contributed by atoms with Crippen LogP contribution in [0.15, 0.2) is 83.1 Å². The smallest absolute Gasteiger partial charge is 0.253 e. The maximum Gasteiger partial charge on any atom is 0.253 e. The molecule has 0 fully saturated rings. The molecule has 5 nitrogen and oxygen atoms in total. The van der Waals surface area contributed by atoms with Crippen LogP contribution in [0.1, 0.15) is 23.6 Å². The van der Waals surface area contributed by atoms with Gasteiger partial charge in [0.15, 0.2) is 0 Å². The molecule has 0 spiro atoms. The zero-order valence-corrected chi connectivity index (χ0v) is 17.9. The molecule has 1 amide bonds. The van der Waals surface area contributed by atoms with E-state index >= 15 is 0 Å². The number of hydrogen-bond acceptors (Lipinski definition) is 5. The Morgan fingerprint density at radius 2 is 1.90 bits per heavy atom. The topological polar surface area (TPSA) is 54.8 Å². The minimum absolute atomic E-state index is 0.0894. The van der Waals surface area contributed by atoms with Crippen LogP contribution in [0.5, 0.6) is 5.75 Å². The summed E-state index contributed by atoms with van der Waals surface area (Å²) in [6.45, 7) is 0. The monoisotopic (exact) mass is 437 g/mol. The van der Waals surface area contributed by atoms with Crippen LogP contribution < -0.4 is 4.74 Å². The summed E-state index contributed by atoms with van der Waals surface area (Å²) in [5.41, 5.74) is 2.93. The van der Waals surface area contributed by atoms with Crippen LogP contribution in [0.25, 0.3) is 0 Å². The number of thioether (sulfide) groups is 1. The van der Waals surface area contributed by atoms with Crippen molar-refractivity contribution in [3.05, 3.63) is 89.1 Å². The molecule has 3 aromatic rings. The van der Waals surface area contributed by atoms with Gasteiger partial charge in [0, 0.05) is 12.6 Å². The molecule has 0 N–H and O–H groups in total. The Labute approximate surface area is 184 Å². The van der Waals surface area contributed by atoms with Crippen LogP contribution in [-0.2, 0) is 4.79 Å². The first-order valence-electron chi connectivity index (χ1n) is 9.48. The van der Waals surface area contributed by atoms with Gasteiger partial charge >= 0.3 is 0 Å². The Morgan fingerprint density at radius 1 is 1.13 bits per heavy atom. The van der Waals surface area contributed by atoms with Crippen molar-refractivity contribution < 1.29 is 9.53 Å². The fourth-order valence-corrected chi connectivity index (χ4v) is 4.32. The summed E-state index contributed by atoms with van der Waals surface area (Å²) < 4.78 is 5.26. The fraction of sp³-hybridized carbons (Fsp3) is 0.174. The summed E-state index contributed by atoms with van der Waals surface area (Å²) >= 11 is 7.49. The van der Waals surface area contributed by atoms with Crippen molar-refractivity contribution in [2.24, 2.45) is 5.10 Å². The van der Waals surface area contributed by atoms with Crippen LogP contribution in [0.3, 0.4) is 0 Å². The third kappa shape index (κ3) is 4.50. The lowest BCUT2D eigenvalue weighted by Gasteiger charge is -2.22. The molecule has 7 heteroatoms. The number of halogens is 1. The third-order valence-electron chi connectivity index (χ3n) is 4.83. The third-order valence-corrected chi connectivity index (χ3v) is 6.24. The number of carbonyl (C=O) groups is 1. The lowest BCUT2D eigenvalue weighted by molar-refractivity contribution is -0.130. The second-order valence-corrected chi connectivity index (χ2v) is 8.09. The molecular weight excluding hydrogens is 418 g/mol. The fourth-order valence-electron chi connectivity index (χ4n) is 3.30. The van der Waals surface area contributed by atoms with Crippen LogP contribution in [-0.4, -0.2) is 34.5 Å². The van der Waals surface area contributed by atoms with Gasteiger partial charge in [0.25, 0.3) is 5.91 Å². The zero-order valence-electron chi connectivity index (χ0n) is 16.4. The highest BCUT2D eigenvalue weighted by molar-refractivity contribution is 8.00. The number of carbonyl (C=O) groups excluding carboxylic acids is 1. The standard InChI is InChI=1S/C23H20ClN3O2S/c1-29-18-11-9-17(10-12-18)21-14-20(16-6-3-2-4-7-16)26-27(21)22(28)15-30-23-19(24)8-5-13-25-23/h2-13,21H,14-15H2,1H3. The maximum absolute atomic E-state index is 13.1. The van der Waals surface area contributed by atoms with Crippen molar-refractivity contribution in [2.75, 3.05) is 12.9 Å². The SMILES string of the molecule is COc1ccc(C2CC(c3ccccc3)=NN2C(=O)CSc2ncccc2Cl)cc1. The van der Waals surface area contributed by atoms with E-state index in [0.717, 1.165) is 22.6 Å². The van der Waals surface area contributed by atoms with Gasteiger partial charge in [-0.25, -0.2) is 9.99 Å². The average molecular weight is 438 g/mol. The van der Waals surface area contributed by atoms with Crippen molar-refractivity contribution in [3.8, 4) is 5.75 Å². The van der Waals surface area contributed by atoms with E-state index in [4.69, 9.17) is 21.4 Å². The maximum atomic E-state index is 13.1. The minimum Gasteiger partial charge on any atom is -0.497 e. The second-order valence-electron chi connectivity index (χ2n) is 6.72. The molecule has 1 aliphatic heterocycles. The van der Waals surface area contributed by atoms with E-state index < -0.39 is 0 Å². The highest BCUT2D eigenvalue weighted by Crippen LogP contribution is 2.34. The van der Waals surface area contributed by atoms with Crippen molar-refractivity contribution >= 4 is 35.0 Å². The van der Waals surface area contributed by atoms with Gasteiger partial charge in [-0.15, -0.1) is 0 Å². The molecular formula is C23H20ClN3O2S. The number of ether oxygens (including phenoxy) is 1. The molecule has 30 heavy (non-hydrogen) atoms. The van der Waals surface area contributed by atoms with Gasteiger partial charge in [-0.2, -0.15) is 5.10 Å². The summed E-state index contributed by atoms with van der Waals surface area (Å²) in [4.78, 5) is 17.4. The molecule has 0 radical (unpaired) electrons. The molecule has 4 rings (SSSR count). The van der Waals surface area contributed by atoms with Crippen molar-refractivity contribution in [1.82, 2.24) is 9.99 Å². The summed E-state index contributed by atoms with van der Waals surface area (Å²) in [5.74, 6) is 0.891. The molecule has 0 saturated heterocycles. The van der Waals surface area contributed by atoms with E-state index in [1.54, 1.807) is 30.4 Å². The van der Waals surface area contributed by atoms with Crippen molar-refractivity contribution in [2.45, 2.75) is 17.5 Å². The number of hydrogen-bond donors (Lipinski definition) is 0. The van der Waals surface area contributed by atoms with Crippen LogP contribution >= 0.6 is 23.4 Å². The van der Waals surface area contributed by atoms with Gasteiger partial charge in [-0.1, -0.05) is 65.8 Å². The van der Waals surface area contributed by atoms with Gasteiger partial charge in [-0.05, 0) is 35.4 Å². The normalized spacial score (nSPS) is 15.7. The molecule has 1 unspecified atom stereocenters. The van der Waals surface area contributed by atoms with E-state index in [0.29, 0.717) is 16.5 Å². The molecule has 1 aliphatic rings. The van der Waals surface area contributed by atoms with Crippen LogP contribution in [0.4, 0.5) is 0 Å². The summed E-state index contributed by atoms with van der Waals surface area (Å²) in [7, 11) is 1.64. The molecule has 0 aliphatic carbocycles. The van der Waals surface area contributed by atoms with Crippen LogP contribution in [0.2, 0.25) is 5.02 Å². The molecule has 1 aromatic heterocycles. The number of hydrazone groups is 1. The quantitative estimate of drug-likeness (QED) is 0.496. The Kier molecular flexibility index (Phi) is 6.35. The van der Waals surface area contributed by atoms with Crippen LogP contribution in [0, 0.1) is 0 Å². The Bertz CT molecular complexity index is 1060. The number of pyridine rings is 1.